The average molecular weight is 350 g/mol. The van der Waals surface area contributed by atoms with Gasteiger partial charge in [-0.1, -0.05) is 29.8 Å². The molecule has 0 bridgehead atoms. The maximum absolute atomic E-state index is 12.3. The highest BCUT2D eigenvalue weighted by Gasteiger charge is 2.21. The first-order chi connectivity index (χ1) is 8.65. The molecule has 108 valence electrons. The Hall–Kier alpha value is -0.430. The third-order valence-electron chi connectivity index (χ3n) is 2.77. The minimum absolute atomic E-state index is 0.00891. The van der Waals surface area contributed by atoms with E-state index in [0.717, 1.165) is 15.6 Å². The molecule has 0 aliphatic heterocycles. The van der Waals surface area contributed by atoms with Gasteiger partial charge in [0.1, 0.15) is 0 Å². The van der Waals surface area contributed by atoms with Gasteiger partial charge in [0.25, 0.3) is 0 Å². The monoisotopic (exact) mass is 349 g/mol. The lowest BCUT2D eigenvalue weighted by molar-refractivity contribution is 0.198. The number of benzene rings is 1. The van der Waals surface area contributed by atoms with Crippen LogP contribution in [0, 0.1) is 6.92 Å². The van der Waals surface area contributed by atoms with E-state index in [1.54, 1.807) is 13.0 Å². The maximum atomic E-state index is 12.3. The Labute approximate surface area is 123 Å². The van der Waals surface area contributed by atoms with E-state index in [9.17, 15) is 13.5 Å². The predicted molar refractivity (Wildman–Crippen MR) is 79.8 cm³/mol. The zero-order chi connectivity index (χ0) is 14.8. The summed E-state index contributed by atoms with van der Waals surface area (Å²) in [6.07, 6.45) is -0.714. The van der Waals surface area contributed by atoms with E-state index in [0.29, 0.717) is 0 Å². The lowest BCUT2D eigenvalue weighted by atomic mass is 10.0. The van der Waals surface area contributed by atoms with Crippen molar-refractivity contribution in [3.05, 3.63) is 27.7 Å². The summed E-state index contributed by atoms with van der Waals surface area (Å²) in [4.78, 5) is 0.281. The van der Waals surface area contributed by atoms with Crippen LogP contribution in [0.15, 0.2) is 21.5 Å². The molecular weight excluding hydrogens is 330 g/mol. The fraction of sp³-hybridized carbons (Fsp3) is 0.538. The summed E-state index contributed by atoms with van der Waals surface area (Å²) in [5.74, 6) is 0.0926. The SMILES string of the molecule is Cc1cc(S(=O)(=O)NC[C@H](C)O)c(C(C)C)cc1Br. The molecular formula is C13H20BrNO3S. The van der Waals surface area contributed by atoms with E-state index in [1.807, 2.05) is 26.8 Å². The molecule has 19 heavy (non-hydrogen) atoms. The van der Waals surface area contributed by atoms with Gasteiger partial charge in [-0.3, -0.25) is 0 Å². The molecule has 0 aromatic heterocycles. The van der Waals surface area contributed by atoms with Crippen molar-refractivity contribution in [1.82, 2.24) is 4.72 Å². The Morgan fingerprint density at radius 3 is 2.37 bits per heavy atom. The number of aryl methyl sites for hydroxylation is 1. The molecule has 1 rings (SSSR count). The van der Waals surface area contributed by atoms with Gasteiger partial charge in [0.15, 0.2) is 0 Å². The molecule has 0 aliphatic rings. The molecule has 0 spiro atoms. The van der Waals surface area contributed by atoms with Crippen LogP contribution >= 0.6 is 15.9 Å². The zero-order valence-corrected chi connectivity index (χ0v) is 14.0. The van der Waals surface area contributed by atoms with Crippen LogP contribution in [0.25, 0.3) is 0 Å². The smallest absolute Gasteiger partial charge is 0.240 e. The normalized spacial score (nSPS) is 13.8. The van der Waals surface area contributed by atoms with Gasteiger partial charge in [-0.05, 0) is 43.0 Å². The number of aliphatic hydroxyl groups is 1. The highest BCUT2D eigenvalue weighted by Crippen LogP contribution is 2.29. The molecule has 4 nitrogen and oxygen atoms in total. The minimum Gasteiger partial charge on any atom is -0.392 e. The van der Waals surface area contributed by atoms with Crippen LogP contribution in [0.5, 0.6) is 0 Å². The summed E-state index contributed by atoms with van der Waals surface area (Å²) >= 11 is 3.42. The van der Waals surface area contributed by atoms with Gasteiger partial charge < -0.3 is 5.11 Å². The lowest BCUT2D eigenvalue weighted by Gasteiger charge is -2.16. The van der Waals surface area contributed by atoms with Crippen molar-refractivity contribution in [3.8, 4) is 0 Å². The summed E-state index contributed by atoms with van der Waals surface area (Å²) < 4.78 is 27.9. The van der Waals surface area contributed by atoms with Gasteiger partial charge in [-0.25, -0.2) is 13.1 Å². The predicted octanol–water partition coefficient (Wildman–Crippen LogP) is 2.54. The van der Waals surface area contributed by atoms with Crippen LogP contribution in [0.3, 0.4) is 0 Å². The Kier molecular flexibility index (Phi) is 5.55. The quantitative estimate of drug-likeness (QED) is 0.858. The molecule has 1 aromatic rings. The van der Waals surface area contributed by atoms with Gasteiger partial charge in [0.05, 0.1) is 11.0 Å². The number of nitrogens with one attached hydrogen (secondary N) is 1. The molecule has 0 heterocycles. The molecule has 1 atom stereocenters. The largest absolute Gasteiger partial charge is 0.392 e. The lowest BCUT2D eigenvalue weighted by Crippen LogP contribution is -2.31. The van der Waals surface area contributed by atoms with Gasteiger partial charge in [-0.15, -0.1) is 0 Å². The molecule has 0 saturated heterocycles. The van der Waals surface area contributed by atoms with Crippen LogP contribution in [-0.2, 0) is 10.0 Å². The van der Waals surface area contributed by atoms with Gasteiger partial charge >= 0.3 is 0 Å². The Morgan fingerprint density at radius 2 is 1.89 bits per heavy atom. The number of rotatable bonds is 5. The third kappa shape index (κ3) is 4.27. The average Bonchev–Trinajstić information content (AvgIpc) is 2.29. The molecule has 1 aromatic carbocycles. The summed E-state index contributed by atoms with van der Waals surface area (Å²) in [6, 6.07) is 3.50. The van der Waals surface area contributed by atoms with Crippen molar-refractivity contribution in [2.75, 3.05) is 6.54 Å². The first kappa shape index (κ1) is 16.6. The molecule has 0 amide bonds. The van der Waals surface area contributed by atoms with E-state index in [2.05, 4.69) is 20.7 Å². The Balaban J connectivity index is 3.28. The molecule has 6 heteroatoms. The number of aliphatic hydroxyl groups excluding tert-OH is 1. The highest BCUT2D eigenvalue weighted by molar-refractivity contribution is 9.10. The van der Waals surface area contributed by atoms with Crippen LogP contribution in [0.4, 0.5) is 0 Å². The van der Waals surface area contributed by atoms with Crippen molar-refractivity contribution in [2.45, 2.75) is 44.6 Å². The van der Waals surface area contributed by atoms with Crippen LogP contribution in [-0.4, -0.2) is 26.2 Å². The number of sulfonamides is 1. The Bertz CT molecular complexity index is 553. The summed E-state index contributed by atoms with van der Waals surface area (Å²) in [5, 5.41) is 9.21. The maximum Gasteiger partial charge on any atom is 0.240 e. The van der Waals surface area contributed by atoms with Gasteiger partial charge in [-0.2, -0.15) is 0 Å². The van der Waals surface area contributed by atoms with Crippen LogP contribution < -0.4 is 4.72 Å². The molecule has 0 fully saturated rings. The van der Waals surface area contributed by atoms with E-state index in [-0.39, 0.29) is 17.4 Å². The number of hydrogen-bond acceptors (Lipinski definition) is 3. The third-order valence-corrected chi connectivity index (χ3v) is 5.10. The minimum atomic E-state index is -3.60. The van der Waals surface area contributed by atoms with E-state index < -0.39 is 16.1 Å². The molecule has 2 N–H and O–H groups in total. The molecule has 0 saturated carbocycles. The second-order valence-corrected chi connectivity index (χ2v) is 7.58. The second-order valence-electron chi connectivity index (χ2n) is 4.99. The molecule has 0 unspecified atom stereocenters. The van der Waals surface area contributed by atoms with E-state index in [4.69, 9.17) is 0 Å². The first-order valence-corrected chi connectivity index (χ1v) is 8.40. The Morgan fingerprint density at radius 1 is 1.32 bits per heavy atom. The highest BCUT2D eigenvalue weighted by atomic mass is 79.9. The van der Waals surface area contributed by atoms with Crippen molar-refractivity contribution in [2.24, 2.45) is 0 Å². The van der Waals surface area contributed by atoms with E-state index >= 15 is 0 Å². The van der Waals surface area contributed by atoms with E-state index in [1.165, 1.54) is 0 Å². The summed E-state index contributed by atoms with van der Waals surface area (Å²) in [7, 11) is -3.60. The molecule has 0 radical (unpaired) electrons. The van der Waals surface area contributed by atoms with Crippen LogP contribution in [0.2, 0.25) is 0 Å². The summed E-state index contributed by atoms with van der Waals surface area (Å²) in [5.41, 5.74) is 1.62. The van der Waals surface area contributed by atoms with Crippen molar-refractivity contribution in [1.29, 1.82) is 0 Å². The fourth-order valence-corrected chi connectivity index (χ4v) is 3.58. The summed E-state index contributed by atoms with van der Waals surface area (Å²) in [6.45, 7) is 7.30. The number of hydrogen-bond donors (Lipinski definition) is 2. The number of halogens is 1. The standard InChI is InChI=1S/C13H20BrNO3S/c1-8(2)11-6-12(14)9(3)5-13(11)19(17,18)15-7-10(4)16/h5-6,8,10,15-16H,7H2,1-4H3/t10-/m0/s1. The van der Waals surface area contributed by atoms with Crippen molar-refractivity contribution >= 4 is 26.0 Å². The second kappa shape index (κ2) is 6.35. The van der Waals surface area contributed by atoms with Gasteiger partial charge in [0, 0.05) is 11.0 Å². The van der Waals surface area contributed by atoms with Gasteiger partial charge in [0.2, 0.25) is 10.0 Å². The first-order valence-electron chi connectivity index (χ1n) is 6.13. The van der Waals surface area contributed by atoms with Crippen molar-refractivity contribution < 1.29 is 13.5 Å². The zero-order valence-electron chi connectivity index (χ0n) is 11.6. The van der Waals surface area contributed by atoms with Crippen LogP contribution in [0.1, 0.15) is 37.8 Å². The topological polar surface area (TPSA) is 66.4 Å². The molecule has 0 aliphatic carbocycles. The fourth-order valence-electron chi connectivity index (χ4n) is 1.66. The van der Waals surface area contributed by atoms with Crippen molar-refractivity contribution in [3.63, 3.8) is 0 Å².